The lowest BCUT2D eigenvalue weighted by molar-refractivity contribution is 0.0600. The molecule has 1 aliphatic rings. The van der Waals surface area contributed by atoms with Gasteiger partial charge in [-0.2, -0.15) is 12.6 Å². The number of rotatable bonds is 7. The average Bonchev–Trinajstić information content (AvgIpc) is 2.73. The van der Waals surface area contributed by atoms with Crippen LogP contribution in [0.2, 0.25) is 0 Å². The van der Waals surface area contributed by atoms with E-state index in [2.05, 4.69) is 51.6 Å². The molecule has 29 heavy (non-hydrogen) atoms. The molecule has 1 heterocycles. The molecule has 156 valence electrons. The zero-order valence-corrected chi connectivity index (χ0v) is 19.4. The summed E-state index contributed by atoms with van der Waals surface area (Å²) in [5, 5.41) is 0. The summed E-state index contributed by atoms with van der Waals surface area (Å²) in [4.78, 5) is 11.8. The number of carbonyl (C=O) groups is 1. The Hall–Kier alpha value is -1.59. The number of thiol groups is 1. The number of ether oxygens (including phenoxy) is 2. The fraction of sp³-hybridized carbons (Fsp3) is 0.458. The molecular formula is C24H30O3S2. The van der Waals surface area contributed by atoms with Gasteiger partial charge in [0.1, 0.15) is 5.75 Å². The summed E-state index contributed by atoms with van der Waals surface area (Å²) in [5.74, 6) is 2.56. The van der Waals surface area contributed by atoms with E-state index >= 15 is 0 Å². The van der Waals surface area contributed by atoms with Gasteiger partial charge in [0.2, 0.25) is 0 Å². The molecule has 0 aromatic heterocycles. The van der Waals surface area contributed by atoms with E-state index in [1.165, 1.54) is 23.8 Å². The van der Waals surface area contributed by atoms with E-state index < -0.39 is 0 Å². The van der Waals surface area contributed by atoms with Gasteiger partial charge in [0.15, 0.2) is 0 Å². The molecule has 1 atom stereocenters. The second kappa shape index (κ2) is 9.05. The number of hydrogen-bond acceptors (Lipinski definition) is 5. The largest absolute Gasteiger partial charge is 0.493 e. The normalized spacial score (nSPS) is 17.0. The summed E-state index contributed by atoms with van der Waals surface area (Å²) in [5.41, 5.74) is 4.36. The van der Waals surface area contributed by atoms with Crippen LogP contribution in [-0.2, 0) is 14.9 Å². The first-order chi connectivity index (χ1) is 13.8. The zero-order valence-electron chi connectivity index (χ0n) is 17.7. The van der Waals surface area contributed by atoms with Gasteiger partial charge in [0.05, 0.1) is 24.0 Å². The van der Waals surface area contributed by atoms with E-state index in [-0.39, 0.29) is 16.1 Å². The minimum Gasteiger partial charge on any atom is -0.493 e. The highest BCUT2D eigenvalue weighted by Crippen LogP contribution is 2.47. The third-order valence-corrected chi connectivity index (χ3v) is 7.65. The van der Waals surface area contributed by atoms with E-state index in [4.69, 9.17) is 9.47 Å². The van der Waals surface area contributed by atoms with Crippen LogP contribution in [0.15, 0.2) is 42.5 Å². The number of carbonyl (C=O) groups excluding carboxylic acids is 1. The summed E-state index contributed by atoms with van der Waals surface area (Å²) in [6.07, 6.45) is 2.06. The van der Waals surface area contributed by atoms with Crippen LogP contribution in [0.25, 0.3) is 0 Å². The van der Waals surface area contributed by atoms with E-state index in [0.29, 0.717) is 5.56 Å². The fourth-order valence-corrected chi connectivity index (χ4v) is 5.41. The van der Waals surface area contributed by atoms with Crippen LogP contribution in [-0.4, -0.2) is 31.2 Å². The second-order valence-corrected chi connectivity index (χ2v) is 10.2. The Morgan fingerprint density at radius 2 is 1.90 bits per heavy atom. The lowest BCUT2D eigenvalue weighted by Crippen LogP contribution is -2.28. The van der Waals surface area contributed by atoms with Crippen LogP contribution in [0.3, 0.4) is 0 Å². The minimum atomic E-state index is -0.311. The maximum Gasteiger partial charge on any atom is 0.337 e. The van der Waals surface area contributed by atoms with Crippen LogP contribution < -0.4 is 4.74 Å². The summed E-state index contributed by atoms with van der Waals surface area (Å²) in [7, 11) is 1.41. The van der Waals surface area contributed by atoms with Crippen molar-refractivity contribution in [3.8, 4) is 5.75 Å². The molecule has 0 spiro atoms. The van der Waals surface area contributed by atoms with Crippen molar-refractivity contribution in [2.24, 2.45) is 0 Å². The Balaban J connectivity index is 2.04. The standard InChI is InChI=1S/C24H30O3S2/c1-23(2)12-13-27-21-11-10-19(16-20(21)23)24(3,29-15-5-14-28)18-8-6-17(7-9-18)22(25)26-4/h6-11,16,28H,5,12-15H2,1-4H3. The molecule has 0 aliphatic carbocycles. The molecule has 2 aromatic rings. The number of thioether (sulfide) groups is 1. The lowest BCUT2D eigenvalue weighted by Gasteiger charge is -2.36. The van der Waals surface area contributed by atoms with Gasteiger partial charge in [-0.15, -0.1) is 11.8 Å². The van der Waals surface area contributed by atoms with Crippen molar-refractivity contribution in [1.82, 2.24) is 0 Å². The van der Waals surface area contributed by atoms with Crippen LogP contribution in [0.4, 0.5) is 0 Å². The van der Waals surface area contributed by atoms with E-state index in [1.807, 2.05) is 36.0 Å². The monoisotopic (exact) mass is 430 g/mol. The van der Waals surface area contributed by atoms with Gasteiger partial charge in [-0.05, 0) is 72.1 Å². The molecule has 1 unspecified atom stereocenters. The highest BCUT2D eigenvalue weighted by molar-refractivity contribution is 8.00. The zero-order chi connectivity index (χ0) is 21.1. The maximum atomic E-state index is 11.8. The van der Waals surface area contributed by atoms with Crippen molar-refractivity contribution < 1.29 is 14.3 Å². The van der Waals surface area contributed by atoms with Gasteiger partial charge in [-0.1, -0.05) is 32.0 Å². The molecule has 5 heteroatoms. The fourth-order valence-electron chi connectivity index (χ4n) is 3.75. The van der Waals surface area contributed by atoms with E-state index in [1.54, 1.807) is 0 Å². The van der Waals surface area contributed by atoms with E-state index in [0.717, 1.165) is 36.7 Å². The molecule has 3 rings (SSSR count). The smallest absolute Gasteiger partial charge is 0.337 e. The first-order valence-corrected chi connectivity index (χ1v) is 11.6. The Morgan fingerprint density at radius 1 is 1.21 bits per heavy atom. The van der Waals surface area contributed by atoms with Crippen LogP contribution in [0.5, 0.6) is 5.75 Å². The topological polar surface area (TPSA) is 35.5 Å². The molecule has 0 N–H and O–H groups in total. The number of methoxy groups -OCH3 is 1. The van der Waals surface area contributed by atoms with Crippen LogP contribution in [0.1, 0.15) is 60.7 Å². The van der Waals surface area contributed by atoms with Crippen molar-refractivity contribution in [3.05, 3.63) is 64.7 Å². The quantitative estimate of drug-likeness (QED) is 0.339. The Labute approximate surface area is 184 Å². The lowest BCUT2D eigenvalue weighted by atomic mass is 9.78. The molecular weight excluding hydrogens is 400 g/mol. The van der Waals surface area contributed by atoms with Crippen LogP contribution in [0, 0.1) is 0 Å². The van der Waals surface area contributed by atoms with Crippen molar-refractivity contribution in [2.75, 3.05) is 25.2 Å². The van der Waals surface area contributed by atoms with Crippen molar-refractivity contribution in [2.45, 2.75) is 43.8 Å². The molecule has 2 aromatic carbocycles. The van der Waals surface area contributed by atoms with Gasteiger partial charge in [0.25, 0.3) is 0 Å². The average molecular weight is 431 g/mol. The molecule has 0 amide bonds. The predicted molar refractivity (Wildman–Crippen MR) is 125 cm³/mol. The second-order valence-electron chi connectivity index (χ2n) is 8.22. The Bertz CT molecular complexity index is 861. The summed E-state index contributed by atoms with van der Waals surface area (Å²) in [6, 6.07) is 14.4. The van der Waals surface area contributed by atoms with Crippen LogP contribution >= 0.6 is 24.4 Å². The first kappa shape index (κ1) is 22.1. The van der Waals surface area contributed by atoms with Gasteiger partial charge >= 0.3 is 5.97 Å². The molecule has 0 saturated carbocycles. The molecule has 3 nitrogen and oxygen atoms in total. The van der Waals surface area contributed by atoms with E-state index in [9.17, 15) is 4.79 Å². The third kappa shape index (κ3) is 4.61. The summed E-state index contributed by atoms with van der Waals surface area (Å²) < 4.78 is 10.5. The van der Waals surface area contributed by atoms with Gasteiger partial charge in [0, 0.05) is 5.56 Å². The molecule has 1 aliphatic heterocycles. The molecule has 0 bridgehead atoms. The van der Waals surface area contributed by atoms with Gasteiger partial charge in [-0.25, -0.2) is 4.79 Å². The Kier molecular flexibility index (Phi) is 6.90. The van der Waals surface area contributed by atoms with Crippen molar-refractivity contribution >= 4 is 30.4 Å². The minimum absolute atomic E-state index is 0.0923. The number of fused-ring (bicyclic) bond motifs is 1. The number of hydrogen-bond donors (Lipinski definition) is 1. The highest BCUT2D eigenvalue weighted by atomic mass is 32.2. The Morgan fingerprint density at radius 3 is 2.55 bits per heavy atom. The van der Waals surface area contributed by atoms with Crippen molar-refractivity contribution in [3.63, 3.8) is 0 Å². The molecule has 0 radical (unpaired) electrons. The summed E-state index contributed by atoms with van der Waals surface area (Å²) in [6.45, 7) is 7.60. The first-order valence-electron chi connectivity index (χ1n) is 10.0. The van der Waals surface area contributed by atoms with Gasteiger partial charge < -0.3 is 9.47 Å². The SMILES string of the molecule is COC(=O)c1ccc(C(C)(SCCCS)c2ccc3c(c2)C(C)(C)CCO3)cc1. The number of benzene rings is 2. The molecule has 0 saturated heterocycles. The predicted octanol–water partition coefficient (Wildman–Crippen LogP) is 5.85. The number of esters is 1. The third-order valence-electron chi connectivity index (χ3n) is 5.79. The maximum absolute atomic E-state index is 11.8. The van der Waals surface area contributed by atoms with Gasteiger partial charge in [-0.3, -0.25) is 0 Å². The van der Waals surface area contributed by atoms with Crippen molar-refractivity contribution in [1.29, 1.82) is 0 Å². The summed E-state index contributed by atoms with van der Waals surface area (Å²) >= 11 is 6.30. The molecule has 0 fully saturated rings. The highest BCUT2D eigenvalue weighted by Gasteiger charge is 2.34.